The van der Waals surface area contributed by atoms with Crippen LogP contribution in [0, 0.1) is 0 Å². The Morgan fingerprint density at radius 2 is 1.87 bits per heavy atom. The molecule has 31 heavy (non-hydrogen) atoms. The number of carbonyl (C=O) groups excluding carboxylic acids is 3. The summed E-state index contributed by atoms with van der Waals surface area (Å²) in [4.78, 5) is 43.3. The van der Waals surface area contributed by atoms with E-state index >= 15 is 0 Å². The number of fused-ring (bicyclic) bond motifs is 1. The van der Waals surface area contributed by atoms with Crippen molar-refractivity contribution in [1.82, 2.24) is 10.3 Å². The van der Waals surface area contributed by atoms with E-state index in [0.717, 1.165) is 4.90 Å². The van der Waals surface area contributed by atoms with E-state index in [-0.39, 0.29) is 12.5 Å². The summed E-state index contributed by atoms with van der Waals surface area (Å²) in [7, 11) is 0. The molecule has 3 amide bonds. The van der Waals surface area contributed by atoms with E-state index in [2.05, 4.69) is 15.6 Å². The first-order chi connectivity index (χ1) is 14.8. The summed E-state index contributed by atoms with van der Waals surface area (Å²) < 4.78 is 11.0. The van der Waals surface area contributed by atoms with Gasteiger partial charge in [0.05, 0.1) is 11.9 Å². The zero-order valence-corrected chi connectivity index (χ0v) is 17.8. The molecule has 1 aliphatic heterocycles. The van der Waals surface area contributed by atoms with E-state index in [1.807, 2.05) is 20.8 Å². The Morgan fingerprint density at radius 1 is 1.13 bits per heavy atom. The van der Waals surface area contributed by atoms with Crippen LogP contribution in [0.3, 0.4) is 0 Å². The topological polar surface area (TPSA) is 110 Å². The first-order valence-corrected chi connectivity index (χ1v) is 10.0. The molecule has 0 atom stereocenters. The predicted octanol–water partition coefficient (Wildman–Crippen LogP) is 2.13. The summed E-state index contributed by atoms with van der Waals surface area (Å²) in [6.07, 6.45) is 3.68. The summed E-state index contributed by atoms with van der Waals surface area (Å²) in [5, 5.41) is 5.43. The number of carbonyl (C=O) groups is 3. The van der Waals surface area contributed by atoms with Gasteiger partial charge in [-0.1, -0.05) is 6.92 Å². The third-order valence-electron chi connectivity index (χ3n) is 4.86. The van der Waals surface area contributed by atoms with Crippen LogP contribution in [-0.4, -0.2) is 48.0 Å². The quantitative estimate of drug-likeness (QED) is 0.685. The van der Waals surface area contributed by atoms with Gasteiger partial charge in [-0.2, -0.15) is 0 Å². The van der Waals surface area contributed by atoms with Crippen molar-refractivity contribution in [1.29, 1.82) is 0 Å². The van der Waals surface area contributed by atoms with Gasteiger partial charge in [0.2, 0.25) is 5.91 Å². The van der Waals surface area contributed by atoms with Crippen LogP contribution in [-0.2, 0) is 14.4 Å². The van der Waals surface area contributed by atoms with Crippen molar-refractivity contribution in [3.8, 4) is 11.5 Å². The smallest absolute Gasteiger partial charge is 0.317 e. The molecule has 0 radical (unpaired) electrons. The minimum absolute atomic E-state index is 0.317. The number of nitrogens with zero attached hydrogens (tertiary/aromatic N) is 2. The zero-order valence-electron chi connectivity index (χ0n) is 17.8. The highest BCUT2D eigenvalue weighted by atomic mass is 16.6. The highest BCUT2D eigenvalue weighted by Gasteiger charge is 2.28. The van der Waals surface area contributed by atoms with E-state index in [1.165, 1.54) is 6.20 Å². The number of hydrogen-bond acceptors (Lipinski definition) is 6. The minimum atomic E-state index is -0.886. The van der Waals surface area contributed by atoms with Gasteiger partial charge < -0.3 is 20.1 Å². The van der Waals surface area contributed by atoms with Crippen molar-refractivity contribution in [2.75, 3.05) is 30.0 Å². The normalized spacial score (nSPS) is 12.6. The third kappa shape index (κ3) is 5.71. The molecule has 2 N–H and O–H groups in total. The van der Waals surface area contributed by atoms with Gasteiger partial charge in [-0.3, -0.25) is 24.3 Å². The van der Waals surface area contributed by atoms with Crippen molar-refractivity contribution in [2.45, 2.75) is 32.7 Å². The molecule has 3 rings (SSSR count). The number of benzene rings is 1. The Bertz CT molecular complexity index is 962. The second-order valence-corrected chi connectivity index (χ2v) is 7.70. The molecule has 1 aromatic heterocycles. The van der Waals surface area contributed by atoms with E-state index in [0.29, 0.717) is 42.5 Å². The lowest BCUT2D eigenvalue weighted by atomic mass is 10.0. The lowest BCUT2D eigenvalue weighted by Crippen LogP contribution is -2.50. The molecular formula is C22H26N4O5. The van der Waals surface area contributed by atoms with Crippen LogP contribution in [0.25, 0.3) is 0 Å². The van der Waals surface area contributed by atoms with E-state index in [4.69, 9.17) is 9.47 Å². The van der Waals surface area contributed by atoms with Crippen LogP contribution < -0.4 is 25.0 Å². The Labute approximate surface area is 180 Å². The predicted molar refractivity (Wildman–Crippen MR) is 115 cm³/mol. The highest BCUT2D eigenvalue weighted by molar-refractivity contribution is 6.44. The fraction of sp³-hybridized carbons (Fsp3) is 0.364. The maximum Gasteiger partial charge on any atom is 0.317 e. The van der Waals surface area contributed by atoms with E-state index in [9.17, 15) is 14.4 Å². The SMILES string of the molecule is CCC(C)(C)NC(=O)CN(C(=O)C(=O)Nc1ccc2c(c1)OCCO2)c1cccnc1. The molecule has 0 saturated carbocycles. The number of hydrogen-bond donors (Lipinski definition) is 2. The highest BCUT2D eigenvalue weighted by Crippen LogP contribution is 2.32. The molecule has 2 aromatic rings. The van der Waals surface area contributed by atoms with Gasteiger partial charge in [0.25, 0.3) is 0 Å². The molecular weight excluding hydrogens is 400 g/mol. The number of anilines is 2. The first-order valence-electron chi connectivity index (χ1n) is 10.0. The summed E-state index contributed by atoms with van der Waals surface area (Å²) in [5.74, 6) is -1.09. The van der Waals surface area contributed by atoms with Crippen LogP contribution in [0.1, 0.15) is 27.2 Å². The standard InChI is InChI=1S/C22H26N4O5/c1-4-22(2,3)25-19(27)14-26(16-6-5-9-23-13-16)21(29)20(28)24-15-7-8-17-18(12-15)31-11-10-30-17/h5-9,12-13H,4,10-11,14H2,1-3H3,(H,24,28)(H,25,27). The average molecular weight is 426 g/mol. The molecule has 0 fully saturated rings. The van der Waals surface area contributed by atoms with E-state index < -0.39 is 17.4 Å². The number of rotatable bonds is 6. The van der Waals surface area contributed by atoms with Gasteiger partial charge in [0.15, 0.2) is 11.5 Å². The number of aromatic nitrogens is 1. The molecule has 9 nitrogen and oxygen atoms in total. The second kappa shape index (κ2) is 9.46. The second-order valence-electron chi connectivity index (χ2n) is 7.70. The van der Waals surface area contributed by atoms with Crippen LogP contribution in [0.5, 0.6) is 11.5 Å². The largest absolute Gasteiger partial charge is 0.486 e. The summed E-state index contributed by atoms with van der Waals surface area (Å²) >= 11 is 0. The van der Waals surface area contributed by atoms with Crippen molar-refractivity contribution >= 4 is 29.1 Å². The Hall–Kier alpha value is -3.62. The van der Waals surface area contributed by atoms with Crippen molar-refractivity contribution in [3.05, 3.63) is 42.7 Å². The Morgan fingerprint density at radius 3 is 2.55 bits per heavy atom. The lowest BCUT2D eigenvalue weighted by molar-refractivity contribution is -0.135. The van der Waals surface area contributed by atoms with Crippen molar-refractivity contribution in [2.24, 2.45) is 0 Å². The monoisotopic (exact) mass is 426 g/mol. The molecule has 0 bridgehead atoms. The number of pyridine rings is 1. The number of amides is 3. The first kappa shape index (κ1) is 22.1. The third-order valence-corrected chi connectivity index (χ3v) is 4.86. The van der Waals surface area contributed by atoms with Crippen molar-refractivity contribution < 1.29 is 23.9 Å². The van der Waals surface area contributed by atoms with Gasteiger partial charge in [-0.25, -0.2) is 0 Å². The number of nitrogens with one attached hydrogen (secondary N) is 2. The molecule has 1 aliphatic rings. The molecule has 1 aromatic carbocycles. The zero-order chi connectivity index (χ0) is 22.4. The van der Waals surface area contributed by atoms with E-state index in [1.54, 1.807) is 36.5 Å². The summed E-state index contributed by atoms with van der Waals surface area (Å²) in [6, 6.07) is 8.10. The summed E-state index contributed by atoms with van der Waals surface area (Å²) in [6.45, 7) is 6.26. The van der Waals surface area contributed by atoms with Gasteiger partial charge in [-0.05, 0) is 44.5 Å². The van der Waals surface area contributed by atoms with Gasteiger partial charge in [0, 0.05) is 23.5 Å². The molecule has 0 aliphatic carbocycles. The maximum absolute atomic E-state index is 13.0. The molecule has 9 heteroatoms. The van der Waals surface area contributed by atoms with Gasteiger partial charge in [-0.15, -0.1) is 0 Å². The minimum Gasteiger partial charge on any atom is -0.486 e. The molecule has 0 spiro atoms. The molecule has 2 heterocycles. The van der Waals surface area contributed by atoms with Gasteiger partial charge in [0.1, 0.15) is 19.8 Å². The fourth-order valence-corrected chi connectivity index (χ4v) is 2.87. The van der Waals surface area contributed by atoms with Gasteiger partial charge >= 0.3 is 11.8 Å². The van der Waals surface area contributed by atoms with Crippen LogP contribution in [0.15, 0.2) is 42.7 Å². The fourth-order valence-electron chi connectivity index (χ4n) is 2.87. The molecule has 0 unspecified atom stereocenters. The van der Waals surface area contributed by atoms with Crippen LogP contribution in [0.2, 0.25) is 0 Å². The van der Waals surface area contributed by atoms with Crippen molar-refractivity contribution in [3.63, 3.8) is 0 Å². The number of ether oxygens (including phenoxy) is 2. The Kier molecular flexibility index (Phi) is 6.74. The molecule has 0 saturated heterocycles. The van der Waals surface area contributed by atoms with Crippen LogP contribution >= 0.6 is 0 Å². The Balaban J connectivity index is 1.76. The van der Waals surface area contributed by atoms with Crippen LogP contribution in [0.4, 0.5) is 11.4 Å². The average Bonchev–Trinajstić information content (AvgIpc) is 2.77. The maximum atomic E-state index is 13.0. The molecule has 164 valence electrons. The lowest BCUT2D eigenvalue weighted by Gasteiger charge is -2.27. The summed E-state index contributed by atoms with van der Waals surface area (Å²) in [5.41, 5.74) is 0.286.